The van der Waals surface area contributed by atoms with Crippen LogP contribution in [-0.4, -0.2) is 54.5 Å². The van der Waals surface area contributed by atoms with Gasteiger partial charge in [-0.25, -0.2) is 0 Å². The molecular weight excluding hydrogens is 286 g/mol. The van der Waals surface area contributed by atoms with Crippen LogP contribution >= 0.6 is 0 Å². The lowest BCUT2D eigenvalue weighted by Crippen LogP contribution is -2.37. The van der Waals surface area contributed by atoms with Gasteiger partial charge in [-0.2, -0.15) is 0 Å². The molecule has 2 saturated heterocycles. The predicted molar refractivity (Wildman–Crippen MR) is 94.7 cm³/mol. The van der Waals surface area contributed by atoms with Gasteiger partial charge in [0.15, 0.2) is 0 Å². The van der Waals surface area contributed by atoms with Gasteiger partial charge in [-0.3, -0.25) is 9.69 Å². The van der Waals surface area contributed by atoms with Gasteiger partial charge in [0.1, 0.15) is 0 Å². The average Bonchev–Trinajstić information content (AvgIpc) is 2.91. The predicted octanol–water partition coefficient (Wildman–Crippen LogP) is 2.75. The number of amides is 1. The minimum Gasteiger partial charge on any atom is -0.326 e. The zero-order valence-electron chi connectivity index (χ0n) is 14.3. The molecule has 0 saturated carbocycles. The molecule has 1 atom stereocenters. The van der Waals surface area contributed by atoms with Crippen molar-refractivity contribution in [3.05, 3.63) is 29.8 Å². The van der Waals surface area contributed by atoms with Crippen molar-refractivity contribution in [2.24, 2.45) is 0 Å². The van der Waals surface area contributed by atoms with Crippen molar-refractivity contribution in [1.29, 1.82) is 0 Å². The van der Waals surface area contributed by atoms with Crippen LogP contribution in [0.15, 0.2) is 24.3 Å². The number of benzene rings is 1. The molecule has 1 amide bonds. The summed E-state index contributed by atoms with van der Waals surface area (Å²) in [6.07, 6.45) is 5.51. The topological polar surface area (TPSA) is 35.6 Å². The molecule has 0 spiro atoms. The standard InChI is InChI=1S/C19H29N3O/c1-2-16-6-8-17(9-7-16)20-19(23)10-14-21-11-4-13-22-12-3-5-18(22)15-21/h6-9,18H,2-5,10-15H2,1H3,(H,20,23)/t18-/m0/s1. The summed E-state index contributed by atoms with van der Waals surface area (Å²) in [6.45, 7) is 7.79. The highest BCUT2D eigenvalue weighted by atomic mass is 16.1. The maximum Gasteiger partial charge on any atom is 0.225 e. The van der Waals surface area contributed by atoms with Crippen LogP contribution in [0.25, 0.3) is 0 Å². The molecule has 0 unspecified atom stereocenters. The Balaban J connectivity index is 1.44. The molecular formula is C19H29N3O. The van der Waals surface area contributed by atoms with E-state index in [0.29, 0.717) is 6.42 Å². The van der Waals surface area contributed by atoms with Gasteiger partial charge in [0.2, 0.25) is 5.91 Å². The SMILES string of the molecule is CCc1ccc(NC(=O)CCN2CCCN3CCC[C@H]3C2)cc1. The molecule has 3 rings (SSSR count). The third-order valence-electron chi connectivity index (χ3n) is 5.19. The molecule has 4 nitrogen and oxygen atoms in total. The fraction of sp³-hybridized carbons (Fsp3) is 0.632. The molecule has 0 aromatic heterocycles. The van der Waals surface area contributed by atoms with Gasteiger partial charge in [-0.1, -0.05) is 19.1 Å². The maximum atomic E-state index is 12.2. The number of carbonyl (C=O) groups excluding carboxylic acids is 1. The number of fused-ring (bicyclic) bond motifs is 1. The number of hydrogen-bond donors (Lipinski definition) is 1. The Bertz CT molecular complexity index is 514. The second-order valence-corrected chi connectivity index (χ2v) is 6.83. The van der Waals surface area contributed by atoms with Crippen LogP contribution in [0.2, 0.25) is 0 Å². The average molecular weight is 315 g/mol. The van der Waals surface area contributed by atoms with Crippen molar-refractivity contribution < 1.29 is 4.79 Å². The lowest BCUT2D eigenvalue weighted by Gasteiger charge is -2.25. The first-order valence-corrected chi connectivity index (χ1v) is 9.10. The molecule has 0 bridgehead atoms. The summed E-state index contributed by atoms with van der Waals surface area (Å²) in [5, 5.41) is 3.02. The smallest absolute Gasteiger partial charge is 0.225 e. The van der Waals surface area contributed by atoms with Gasteiger partial charge < -0.3 is 10.2 Å². The largest absolute Gasteiger partial charge is 0.326 e. The fourth-order valence-electron chi connectivity index (χ4n) is 3.79. The van der Waals surface area contributed by atoms with Crippen LogP contribution in [0, 0.1) is 0 Å². The monoisotopic (exact) mass is 315 g/mol. The first-order chi connectivity index (χ1) is 11.2. The minimum atomic E-state index is 0.127. The summed E-state index contributed by atoms with van der Waals surface area (Å²) in [7, 11) is 0. The summed E-state index contributed by atoms with van der Waals surface area (Å²) >= 11 is 0. The quantitative estimate of drug-likeness (QED) is 0.907. The van der Waals surface area contributed by atoms with Gasteiger partial charge >= 0.3 is 0 Å². The Kier molecular flexibility index (Phi) is 5.68. The number of hydrogen-bond acceptors (Lipinski definition) is 3. The third kappa shape index (κ3) is 4.55. The summed E-state index contributed by atoms with van der Waals surface area (Å²) in [6, 6.07) is 8.89. The van der Waals surface area contributed by atoms with E-state index < -0.39 is 0 Å². The van der Waals surface area contributed by atoms with Gasteiger partial charge in [-0.15, -0.1) is 0 Å². The van der Waals surface area contributed by atoms with Crippen molar-refractivity contribution in [3.63, 3.8) is 0 Å². The minimum absolute atomic E-state index is 0.127. The molecule has 23 heavy (non-hydrogen) atoms. The number of nitrogens with zero attached hydrogens (tertiary/aromatic N) is 2. The van der Waals surface area contributed by atoms with Crippen LogP contribution in [0.5, 0.6) is 0 Å². The van der Waals surface area contributed by atoms with E-state index in [0.717, 1.165) is 37.8 Å². The highest BCUT2D eigenvalue weighted by Gasteiger charge is 2.28. The molecule has 0 radical (unpaired) electrons. The fourth-order valence-corrected chi connectivity index (χ4v) is 3.79. The van der Waals surface area contributed by atoms with Crippen LogP contribution in [0.4, 0.5) is 5.69 Å². The van der Waals surface area contributed by atoms with Crippen LogP contribution in [0.1, 0.15) is 38.2 Å². The van der Waals surface area contributed by atoms with E-state index in [1.165, 1.54) is 37.9 Å². The molecule has 2 aliphatic heterocycles. The van der Waals surface area contributed by atoms with Crippen LogP contribution in [0.3, 0.4) is 0 Å². The summed E-state index contributed by atoms with van der Waals surface area (Å²) in [5.41, 5.74) is 2.21. The number of nitrogens with one attached hydrogen (secondary N) is 1. The maximum absolute atomic E-state index is 12.2. The van der Waals surface area contributed by atoms with Crippen molar-refractivity contribution >= 4 is 11.6 Å². The van der Waals surface area contributed by atoms with Gasteiger partial charge in [0.25, 0.3) is 0 Å². The highest BCUT2D eigenvalue weighted by molar-refractivity contribution is 5.90. The lowest BCUT2D eigenvalue weighted by atomic mass is 10.1. The van der Waals surface area contributed by atoms with E-state index in [9.17, 15) is 4.79 Å². The highest BCUT2D eigenvalue weighted by Crippen LogP contribution is 2.21. The zero-order valence-corrected chi connectivity index (χ0v) is 14.3. The van der Waals surface area contributed by atoms with Crippen LogP contribution in [-0.2, 0) is 11.2 Å². The second kappa shape index (κ2) is 7.93. The molecule has 0 aliphatic carbocycles. The Hall–Kier alpha value is -1.39. The Morgan fingerprint density at radius 2 is 1.96 bits per heavy atom. The second-order valence-electron chi connectivity index (χ2n) is 6.83. The first-order valence-electron chi connectivity index (χ1n) is 9.10. The number of aryl methyl sites for hydroxylation is 1. The van der Waals surface area contributed by atoms with E-state index in [4.69, 9.17) is 0 Å². The molecule has 1 N–H and O–H groups in total. The normalized spacial score (nSPS) is 22.6. The van der Waals surface area contributed by atoms with Gasteiger partial charge in [-0.05, 0) is 63.0 Å². The molecule has 2 aliphatic rings. The van der Waals surface area contributed by atoms with Gasteiger partial charge in [0.05, 0.1) is 0 Å². The van der Waals surface area contributed by atoms with E-state index in [2.05, 4.69) is 34.2 Å². The number of rotatable bonds is 5. The van der Waals surface area contributed by atoms with Gasteiger partial charge in [0, 0.05) is 31.2 Å². The Labute approximate surface area is 139 Å². The first kappa shape index (κ1) is 16.5. The van der Waals surface area contributed by atoms with Crippen LogP contribution < -0.4 is 5.32 Å². The third-order valence-corrected chi connectivity index (χ3v) is 5.19. The number of carbonyl (C=O) groups is 1. The summed E-state index contributed by atoms with van der Waals surface area (Å²) in [5.74, 6) is 0.127. The van der Waals surface area contributed by atoms with Crippen molar-refractivity contribution in [3.8, 4) is 0 Å². The van der Waals surface area contributed by atoms with E-state index in [-0.39, 0.29) is 5.91 Å². The molecule has 1 aromatic carbocycles. The molecule has 2 heterocycles. The number of anilines is 1. The van der Waals surface area contributed by atoms with Crippen molar-refractivity contribution in [2.75, 3.05) is 38.0 Å². The molecule has 2 fully saturated rings. The molecule has 4 heteroatoms. The molecule has 126 valence electrons. The lowest BCUT2D eigenvalue weighted by molar-refractivity contribution is -0.116. The van der Waals surface area contributed by atoms with E-state index in [1.54, 1.807) is 0 Å². The Morgan fingerprint density at radius 1 is 1.17 bits per heavy atom. The van der Waals surface area contributed by atoms with E-state index in [1.807, 2.05) is 12.1 Å². The molecule has 1 aromatic rings. The van der Waals surface area contributed by atoms with Crippen molar-refractivity contribution in [2.45, 2.75) is 45.1 Å². The van der Waals surface area contributed by atoms with E-state index >= 15 is 0 Å². The summed E-state index contributed by atoms with van der Waals surface area (Å²) in [4.78, 5) is 17.3. The Morgan fingerprint density at radius 3 is 2.74 bits per heavy atom. The zero-order chi connectivity index (χ0) is 16.1. The summed E-state index contributed by atoms with van der Waals surface area (Å²) < 4.78 is 0. The van der Waals surface area contributed by atoms with Crippen molar-refractivity contribution in [1.82, 2.24) is 9.80 Å².